The molecule has 19 heavy (non-hydrogen) atoms. The molecule has 4 nitrogen and oxygen atoms in total. The SMILES string of the molecule is O=C(CSc1cnccn1)c1c[nH]c2ccccc12. The van der Waals surface area contributed by atoms with Crippen molar-refractivity contribution in [1.29, 1.82) is 0 Å². The van der Waals surface area contributed by atoms with E-state index < -0.39 is 0 Å². The van der Waals surface area contributed by atoms with Crippen LogP contribution >= 0.6 is 11.8 Å². The summed E-state index contributed by atoms with van der Waals surface area (Å²) in [5.41, 5.74) is 1.71. The Hall–Kier alpha value is -2.14. The average molecular weight is 269 g/mol. The van der Waals surface area contributed by atoms with E-state index in [1.807, 2.05) is 24.3 Å². The molecule has 0 spiro atoms. The van der Waals surface area contributed by atoms with Gasteiger partial charge in [-0.15, -0.1) is 0 Å². The summed E-state index contributed by atoms with van der Waals surface area (Å²) in [6.07, 6.45) is 6.67. The molecule has 0 atom stereocenters. The van der Waals surface area contributed by atoms with Crippen LogP contribution in [0.15, 0.2) is 54.1 Å². The summed E-state index contributed by atoms with van der Waals surface area (Å²) in [6, 6.07) is 7.79. The molecule has 3 aromatic rings. The minimum absolute atomic E-state index is 0.0908. The Labute approximate surface area is 114 Å². The summed E-state index contributed by atoms with van der Waals surface area (Å²) in [7, 11) is 0. The van der Waals surface area contributed by atoms with Gasteiger partial charge in [-0.05, 0) is 6.07 Å². The van der Waals surface area contributed by atoms with Crippen LogP contribution in [0.25, 0.3) is 10.9 Å². The van der Waals surface area contributed by atoms with Crippen molar-refractivity contribution in [2.45, 2.75) is 5.03 Å². The number of fused-ring (bicyclic) bond motifs is 1. The summed E-state index contributed by atoms with van der Waals surface area (Å²) in [5.74, 6) is 0.452. The van der Waals surface area contributed by atoms with Crippen LogP contribution in [0.4, 0.5) is 0 Å². The molecule has 0 fully saturated rings. The van der Waals surface area contributed by atoms with Gasteiger partial charge in [0.1, 0.15) is 5.03 Å². The highest BCUT2D eigenvalue weighted by atomic mass is 32.2. The van der Waals surface area contributed by atoms with Gasteiger partial charge >= 0.3 is 0 Å². The Balaban J connectivity index is 1.77. The second-order valence-corrected chi connectivity index (χ2v) is 5.00. The number of rotatable bonds is 4. The molecule has 5 heteroatoms. The van der Waals surface area contributed by atoms with Crippen LogP contribution < -0.4 is 0 Å². The zero-order chi connectivity index (χ0) is 13.1. The van der Waals surface area contributed by atoms with E-state index in [0.717, 1.165) is 21.5 Å². The lowest BCUT2D eigenvalue weighted by molar-refractivity contribution is 0.102. The molecule has 0 saturated heterocycles. The third-order valence-electron chi connectivity index (χ3n) is 2.78. The number of nitrogens with one attached hydrogen (secondary N) is 1. The smallest absolute Gasteiger partial charge is 0.175 e. The Bertz CT molecular complexity index is 709. The molecule has 0 unspecified atom stereocenters. The van der Waals surface area contributed by atoms with E-state index in [-0.39, 0.29) is 5.78 Å². The quantitative estimate of drug-likeness (QED) is 0.584. The van der Waals surface area contributed by atoms with Crippen molar-refractivity contribution in [2.24, 2.45) is 0 Å². The first-order valence-corrected chi connectivity index (χ1v) is 6.81. The Morgan fingerprint density at radius 1 is 1.26 bits per heavy atom. The fourth-order valence-electron chi connectivity index (χ4n) is 1.88. The Morgan fingerprint density at radius 2 is 2.16 bits per heavy atom. The highest BCUT2D eigenvalue weighted by molar-refractivity contribution is 7.99. The van der Waals surface area contributed by atoms with Crippen molar-refractivity contribution in [2.75, 3.05) is 5.75 Å². The standard InChI is InChI=1S/C14H11N3OS/c18-13(9-19-14-8-15-5-6-16-14)11-7-17-12-4-2-1-3-10(11)12/h1-8,17H,9H2. The van der Waals surface area contributed by atoms with Gasteiger partial charge in [0.15, 0.2) is 5.78 Å². The lowest BCUT2D eigenvalue weighted by Gasteiger charge is -1.99. The highest BCUT2D eigenvalue weighted by Gasteiger charge is 2.12. The van der Waals surface area contributed by atoms with Crippen molar-refractivity contribution in [3.8, 4) is 0 Å². The molecular weight excluding hydrogens is 258 g/mol. The minimum atomic E-state index is 0.0908. The molecule has 3 rings (SSSR count). The topological polar surface area (TPSA) is 58.6 Å². The number of ketones is 1. The number of hydrogen-bond acceptors (Lipinski definition) is 4. The van der Waals surface area contributed by atoms with E-state index >= 15 is 0 Å². The molecular formula is C14H11N3OS. The number of hydrogen-bond donors (Lipinski definition) is 1. The predicted octanol–water partition coefficient (Wildman–Crippen LogP) is 2.93. The normalized spacial score (nSPS) is 10.7. The first-order valence-electron chi connectivity index (χ1n) is 5.83. The van der Waals surface area contributed by atoms with Gasteiger partial charge in [0, 0.05) is 35.1 Å². The van der Waals surface area contributed by atoms with Crippen LogP contribution in [0.1, 0.15) is 10.4 Å². The second kappa shape index (κ2) is 5.24. The number of Topliss-reactive ketones (excluding diaryl/α,β-unsaturated/α-hetero) is 1. The fourth-order valence-corrected chi connectivity index (χ4v) is 2.58. The van der Waals surface area contributed by atoms with E-state index in [1.165, 1.54) is 11.8 Å². The molecule has 0 aliphatic heterocycles. The number of nitrogens with zero attached hydrogens (tertiary/aromatic N) is 2. The molecule has 1 aromatic carbocycles. The third-order valence-corrected chi connectivity index (χ3v) is 3.69. The molecule has 0 aliphatic carbocycles. The zero-order valence-electron chi connectivity index (χ0n) is 10.0. The monoisotopic (exact) mass is 269 g/mol. The van der Waals surface area contributed by atoms with Gasteiger partial charge < -0.3 is 4.98 Å². The lowest BCUT2D eigenvalue weighted by atomic mass is 10.1. The summed E-state index contributed by atoms with van der Waals surface area (Å²) in [5, 5.41) is 1.72. The fraction of sp³-hybridized carbons (Fsp3) is 0.0714. The summed E-state index contributed by atoms with van der Waals surface area (Å²) in [4.78, 5) is 23.4. The van der Waals surface area contributed by atoms with E-state index in [2.05, 4.69) is 15.0 Å². The van der Waals surface area contributed by atoms with Gasteiger partial charge in [-0.2, -0.15) is 0 Å². The highest BCUT2D eigenvalue weighted by Crippen LogP contribution is 2.21. The number of aromatic nitrogens is 3. The van der Waals surface area contributed by atoms with Crippen LogP contribution in [-0.2, 0) is 0 Å². The maximum absolute atomic E-state index is 12.2. The summed E-state index contributed by atoms with van der Waals surface area (Å²) in [6.45, 7) is 0. The van der Waals surface area contributed by atoms with E-state index in [9.17, 15) is 4.79 Å². The molecule has 0 saturated carbocycles. The van der Waals surface area contributed by atoms with Gasteiger partial charge in [-0.25, -0.2) is 4.98 Å². The van der Waals surface area contributed by atoms with Gasteiger partial charge in [-0.1, -0.05) is 30.0 Å². The van der Waals surface area contributed by atoms with Crippen LogP contribution in [0, 0.1) is 0 Å². The number of para-hydroxylation sites is 1. The van der Waals surface area contributed by atoms with Crippen LogP contribution in [-0.4, -0.2) is 26.5 Å². The van der Waals surface area contributed by atoms with E-state index in [0.29, 0.717) is 5.75 Å². The Kier molecular flexibility index (Phi) is 3.29. The largest absolute Gasteiger partial charge is 0.360 e. The maximum atomic E-state index is 12.2. The second-order valence-electron chi connectivity index (χ2n) is 4.00. The van der Waals surface area contributed by atoms with Gasteiger partial charge in [0.05, 0.1) is 11.9 Å². The minimum Gasteiger partial charge on any atom is -0.360 e. The predicted molar refractivity (Wildman–Crippen MR) is 75.4 cm³/mol. The molecule has 94 valence electrons. The number of benzene rings is 1. The summed E-state index contributed by atoms with van der Waals surface area (Å²) < 4.78 is 0. The van der Waals surface area contributed by atoms with Crippen molar-refractivity contribution in [3.63, 3.8) is 0 Å². The van der Waals surface area contributed by atoms with E-state index in [4.69, 9.17) is 0 Å². The van der Waals surface area contributed by atoms with Crippen molar-refractivity contribution in [1.82, 2.24) is 15.0 Å². The van der Waals surface area contributed by atoms with Crippen LogP contribution in [0.2, 0.25) is 0 Å². The Morgan fingerprint density at radius 3 is 3.00 bits per heavy atom. The van der Waals surface area contributed by atoms with Gasteiger partial charge in [-0.3, -0.25) is 9.78 Å². The molecule has 0 aliphatic rings. The zero-order valence-corrected chi connectivity index (χ0v) is 10.9. The lowest BCUT2D eigenvalue weighted by Crippen LogP contribution is -2.01. The first kappa shape index (κ1) is 11.9. The number of carbonyl (C=O) groups is 1. The van der Waals surface area contributed by atoms with E-state index in [1.54, 1.807) is 24.8 Å². The summed E-state index contributed by atoms with van der Waals surface area (Å²) >= 11 is 1.40. The van der Waals surface area contributed by atoms with Crippen molar-refractivity contribution < 1.29 is 4.79 Å². The van der Waals surface area contributed by atoms with Crippen molar-refractivity contribution >= 4 is 28.4 Å². The number of carbonyl (C=O) groups excluding carboxylic acids is 1. The van der Waals surface area contributed by atoms with Gasteiger partial charge in [0.2, 0.25) is 0 Å². The van der Waals surface area contributed by atoms with Crippen molar-refractivity contribution in [3.05, 3.63) is 54.6 Å². The molecule has 2 aromatic heterocycles. The molecule has 2 heterocycles. The molecule has 1 N–H and O–H groups in total. The molecule has 0 amide bonds. The van der Waals surface area contributed by atoms with Gasteiger partial charge in [0.25, 0.3) is 0 Å². The maximum Gasteiger partial charge on any atom is 0.175 e. The van der Waals surface area contributed by atoms with Crippen LogP contribution in [0.3, 0.4) is 0 Å². The average Bonchev–Trinajstić information content (AvgIpc) is 2.90. The number of aromatic amines is 1. The third kappa shape index (κ3) is 2.51. The molecule has 0 radical (unpaired) electrons. The molecule has 0 bridgehead atoms. The van der Waals surface area contributed by atoms with Crippen LogP contribution in [0.5, 0.6) is 0 Å². The number of thioether (sulfide) groups is 1. The first-order chi connectivity index (χ1) is 9.34. The number of H-pyrrole nitrogens is 1.